The van der Waals surface area contributed by atoms with Gasteiger partial charge in [-0.1, -0.05) is 5.92 Å². The molecule has 0 unspecified atom stereocenters. The molecule has 2 aromatic rings. The Labute approximate surface area is 106 Å². The molecule has 0 amide bonds. The Hall–Kier alpha value is -1.72. The zero-order valence-electron chi connectivity index (χ0n) is 9.94. The predicted molar refractivity (Wildman–Crippen MR) is 73.5 cm³/mol. The zero-order chi connectivity index (χ0) is 12.3. The Morgan fingerprint density at radius 1 is 1.29 bits per heavy atom. The third-order valence-corrected chi connectivity index (χ3v) is 3.03. The van der Waals surface area contributed by atoms with Crippen LogP contribution in [-0.2, 0) is 0 Å². The van der Waals surface area contributed by atoms with E-state index in [4.69, 9.17) is 11.2 Å². The molecule has 2 heteroatoms. The molecule has 0 atom stereocenters. The summed E-state index contributed by atoms with van der Waals surface area (Å²) in [6.07, 6.45) is 5.71. The van der Waals surface area contributed by atoms with Gasteiger partial charge in [-0.15, -0.1) is 6.42 Å². The van der Waals surface area contributed by atoms with Crippen LogP contribution in [0.5, 0.6) is 5.75 Å². The van der Waals surface area contributed by atoms with E-state index in [1.165, 1.54) is 5.56 Å². The van der Waals surface area contributed by atoms with E-state index in [0.29, 0.717) is 0 Å². The fourth-order valence-electron chi connectivity index (χ4n) is 1.66. The summed E-state index contributed by atoms with van der Waals surface area (Å²) in [4.78, 5) is 0. The fraction of sp³-hybridized carbons (Fsp3) is 0.200. The molecule has 0 spiro atoms. The zero-order valence-corrected chi connectivity index (χ0v) is 10.8. The largest absolute Gasteiger partial charge is 0.491 e. The van der Waals surface area contributed by atoms with Crippen LogP contribution in [0.1, 0.15) is 19.4 Å². The quantitative estimate of drug-likeness (QED) is 0.733. The second-order valence-electron chi connectivity index (χ2n) is 4.03. The number of thiophene rings is 1. The molecule has 0 saturated heterocycles. The van der Waals surface area contributed by atoms with E-state index >= 15 is 0 Å². The van der Waals surface area contributed by atoms with Crippen molar-refractivity contribution < 1.29 is 4.74 Å². The normalized spacial score (nSPS) is 10.2. The van der Waals surface area contributed by atoms with Gasteiger partial charge in [-0.25, -0.2) is 0 Å². The molecule has 1 aromatic carbocycles. The highest BCUT2D eigenvalue weighted by Gasteiger charge is 2.06. The maximum Gasteiger partial charge on any atom is 0.120 e. The Morgan fingerprint density at radius 3 is 2.71 bits per heavy atom. The van der Waals surface area contributed by atoms with Crippen molar-refractivity contribution in [3.63, 3.8) is 0 Å². The highest BCUT2D eigenvalue weighted by atomic mass is 32.1. The van der Waals surface area contributed by atoms with Gasteiger partial charge in [0.2, 0.25) is 0 Å². The van der Waals surface area contributed by atoms with E-state index < -0.39 is 0 Å². The molecule has 0 aliphatic carbocycles. The molecule has 1 nitrogen and oxygen atoms in total. The average molecular weight is 242 g/mol. The molecule has 0 bridgehead atoms. The SMILES string of the molecule is C#Cc1cc(OC(C)C)ccc1-c1ccsc1. The molecule has 1 aromatic heterocycles. The van der Waals surface area contributed by atoms with E-state index in [1.807, 2.05) is 37.4 Å². The van der Waals surface area contributed by atoms with E-state index in [-0.39, 0.29) is 6.10 Å². The number of hydrogen-bond donors (Lipinski definition) is 0. The predicted octanol–water partition coefficient (Wildman–Crippen LogP) is 4.18. The number of ether oxygens (including phenoxy) is 1. The van der Waals surface area contributed by atoms with Crippen molar-refractivity contribution in [2.24, 2.45) is 0 Å². The number of benzene rings is 1. The molecule has 0 aliphatic rings. The summed E-state index contributed by atoms with van der Waals surface area (Å²) < 4.78 is 5.64. The van der Waals surface area contributed by atoms with Crippen LogP contribution in [0.4, 0.5) is 0 Å². The molecule has 2 rings (SSSR count). The van der Waals surface area contributed by atoms with Crippen molar-refractivity contribution in [2.45, 2.75) is 20.0 Å². The van der Waals surface area contributed by atoms with Crippen LogP contribution in [-0.4, -0.2) is 6.10 Å². The van der Waals surface area contributed by atoms with Crippen LogP contribution in [0, 0.1) is 12.3 Å². The topological polar surface area (TPSA) is 9.23 Å². The summed E-state index contributed by atoms with van der Waals surface area (Å²) in [6, 6.07) is 7.99. The first kappa shape index (κ1) is 11.8. The molecule has 0 radical (unpaired) electrons. The van der Waals surface area contributed by atoms with E-state index in [1.54, 1.807) is 11.3 Å². The van der Waals surface area contributed by atoms with Gasteiger partial charge in [0.15, 0.2) is 0 Å². The van der Waals surface area contributed by atoms with E-state index in [2.05, 4.69) is 17.4 Å². The van der Waals surface area contributed by atoms with Gasteiger partial charge >= 0.3 is 0 Å². The lowest BCUT2D eigenvalue weighted by molar-refractivity contribution is 0.242. The summed E-state index contributed by atoms with van der Waals surface area (Å²) in [5.41, 5.74) is 3.13. The van der Waals surface area contributed by atoms with Crippen molar-refractivity contribution in [2.75, 3.05) is 0 Å². The standard InChI is InChI=1S/C15H14OS/c1-4-12-9-14(16-11(2)3)5-6-15(12)13-7-8-17-10-13/h1,5-11H,2-3H3. The molecular formula is C15H14OS. The van der Waals surface area contributed by atoms with Gasteiger partial charge in [-0.05, 0) is 60.0 Å². The summed E-state index contributed by atoms with van der Waals surface area (Å²) in [7, 11) is 0. The first-order valence-corrected chi connectivity index (χ1v) is 6.45. The van der Waals surface area contributed by atoms with Crippen LogP contribution in [0.25, 0.3) is 11.1 Å². The third-order valence-electron chi connectivity index (χ3n) is 2.35. The van der Waals surface area contributed by atoms with Crippen molar-refractivity contribution in [3.8, 4) is 29.2 Å². The number of terminal acetylenes is 1. The maximum atomic E-state index is 5.64. The molecule has 17 heavy (non-hydrogen) atoms. The summed E-state index contributed by atoms with van der Waals surface area (Å²) in [6.45, 7) is 4.00. The highest BCUT2D eigenvalue weighted by Crippen LogP contribution is 2.28. The van der Waals surface area contributed by atoms with Gasteiger partial charge < -0.3 is 4.74 Å². The van der Waals surface area contributed by atoms with Crippen molar-refractivity contribution >= 4 is 11.3 Å². The second kappa shape index (κ2) is 5.07. The monoisotopic (exact) mass is 242 g/mol. The molecule has 0 fully saturated rings. The lowest BCUT2D eigenvalue weighted by Crippen LogP contribution is -2.05. The Balaban J connectivity index is 2.40. The summed E-state index contributed by atoms with van der Waals surface area (Å²) in [5, 5.41) is 4.15. The van der Waals surface area contributed by atoms with Gasteiger partial charge in [0.25, 0.3) is 0 Å². The number of rotatable bonds is 3. The van der Waals surface area contributed by atoms with E-state index in [0.717, 1.165) is 16.9 Å². The lowest BCUT2D eigenvalue weighted by atomic mass is 10.0. The minimum absolute atomic E-state index is 0.160. The third kappa shape index (κ3) is 2.69. The van der Waals surface area contributed by atoms with Crippen LogP contribution in [0.3, 0.4) is 0 Å². The second-order valence-corrected chi connectivity index (χ2v) is 4.81. The van der Waals surface area contributed by atoms with Crippen LogP contribution in [0.15, 0.2) is 35.0 Å². The van der Waals surface area contributed by atoms with Gasteiger partial charge in [0, 0.05) is 5.56 Å². The van der Waals surface area contributed by atoms with Crippen LogP contribution >= 0.6 is 11.3 Å². The fourth-order valence-corrected chi connectivity index (χ4v) is 2.31. The Bertz CT molecular complexity index is 533. The van der Waals surface area contributed by atoms with Crippen molar-refractivity contribution in [1.82, 2.24) is 0 Å². The minimum Gasteiger partial charge on any atom is -0.491 e. The Morgan fingerprint density at radius 2 is 2.12 bits per heavy atom. The van der Waals surface area contributed by atoms with Crippen LogP contribution < -0.4 is 4.74 Å². The summed E-state index contributed by atoms with van der Waals surface area (Å²) in [5.74, 6) is 3.55. The molecule has 86 valence electrons. The first-order valence-electron chi connectivity index (χ1n) is 5.50. The van der Waals surface area contributed by atoms with Gasteiger partial charge in [0.1, 0.15) is 5.75 Å². The minimum atomic E-state index is 0.160. The molecule has 0 saturated carbocycles. The highest BCUT2D eigenvalue weighted by molar-refractivity contribution is 7.08. The maximum absolute atomic E-state index is 5.64. The van der Waals surface area contributed by atoms with Gasteiger partial charge in [0.05, 0.1) is 6.10 Å². The van der Waals surface area contributed by atoms with Gasteiger partial charge in [-0.2, -0.15) is 11.3 Å². The van der Waals surface area contributed by atoms with Crippen molar-refractivity contribution in [1.29, 1.82) is 0 Å². The number of hydrogen-bond acceptors (Lipinski definition) is 2. The van der Waals surface area contributed by atoms with E-state index in [9.17, 15) is 0 Å². The lowest BCUT2D eigenvalue weighted by Gasteiger charge is -2.11. The van der Waals surface area contributed by atoms with Crippen LogP contribution in [0.2, 0.25) is 0 Å². The molecule has 0 aliphatic heterocycles. The van der Waals surface area contributed by atoms with Crippen molar-refractivity contribution in [3.05, 3.63) is 40.6 Å². The molecule has 1 heterocycles. The molecular weight excluding hydrogens is 228 g/mol. The van der Waals surface area contributed by atoms with Gasteiger partial charge in [-0.3, -0.25) is 0 Å². The summed E-state index contributed by atoms with van der Waals surface area (Å²) >= 11 is 1.67. The smallest absolute Gasteiger partial charge is 0.120 e. The average Bonchev–Trinajstić information content (AvgIpc) is 2.81. The Kier molecular flexibility index (Phi) is 3.51. The molecule has 0 N–H and O–H groups in total. The first-order chi connectivity index (χ1) is 8.20.